The molecule has 26 heavy (non-hydrogen) atoms. The van der Waals surface area contributed by atoms with Crippen molar-refractivity contribution in [3.63, 3.8) is 0 Å². The Morgan fingerprint density at radius 2 is 2.08 bits per heavy atom. The minimum atomic E-state index is -0.352. The number of aromatic nitrogens is 2. The summed E-state index contributed by atoms with van der Waals surface area (Å²) in [6.07, 6.45) is 3.47. The van der Waals surface area contributed by atoms with E-state index in [0.29, 0.717) is 17.9 Å². The first-order valence-electron chi connectivity index (χ1n) is 8.32. The maximum absolute atomic E-state index is 13.1. The molecule has 2 heterocycles. The van der Waals surface area contributed by atoms with Gasteiger partial charge in [-0.2, -0.15) is 0 Å². The average Bonchev–Trinajstić information content (AvgIpc) is 2.94. The lowest BCUT2D eigenvalue weighted by atomic mass is 10.2. The van der Waals surface area contributed by atoms with Gasteiger partial charge >= 0.3 is 0 Å². The van der Waals surface area contributed by atoms with Gasteiger partial charge in [0.05, 0.1) is 24.0 Å². The van der Waals surface area contributed by atoms with Gasteiger partial charge in [0.15, 0.2) is 0 Å². The summed E-state index contributed by atoms with van der Waals surface area (Å²) in [7, 11) is 0. The largest absolute Gasteiger partial charge is 0.492 e. The van der Waals surface area contributed by atoms with E-state index in [9.17, 15) is 9.18 Å². The lowest BCUT2D eigenvalue weighted by molar-refractivity contribution is 0.0946. The second-order valence-electron chi connectivity index (χ2n) is 5.89. The van der Waals surface area contributed by atoms with Crippen LogP contribution in [0.15, 0.2) is 54.9 Å². The van der Waals surface area contributed by atoms with E-state index < -0.39 is 0 Å². The van der Waals surface area contributed by atoms with Crippen molar-refractivity contribution in [2.45, 2.75) is 13.8 Å². The number of rotatable bonds is 6. The highest BCUT2D eigenvalue weighted by Crippen LogP contribution is 2.20. The average molecular weight is 353 g/mol. The van der Waals surface area contributed by atoms with Crippen LogP contribution in [-0.2, 0) is 0 Å². The monoisotopic (exact) mass is 353 g/mol. The van der Waals surface area contributed by atoms with Crippen molar-refractivity contribution < 1.29 is 13.9 Å². The van der Waals surface area contributed by atoms with E-state index in [1.807, 2.05) is 36.6 Å². The lowest BCUT2D eigenvalue weighted by Gasteiger charge is -2.10. The first-order chi connectivity index (χ1) is 12.6. The standard InChI is InChI=1S/C20H20FN3O2/c1-14-11-19(15(2)24(14)17-6-4-8-22-13-17)20(25)23-9-10-26-18-7-3-5-16(21)12-18/h3-8,11-13H,9-10H2,1-2H3,(H,23,25). The highest BCUT2D eigenvalue weighted by molar-refractivity contribution is 5.95. The number of nitrogens with zero attached hydrogens (tertiary/aromatic N) is 2. The summed E-state index contributed by atoms with van der Waals surface area (Å²) < 4.78 is 20.5. The van der Waals surface area contributed by atoms with Crippen LogP contribution in [0.2, 0.25) is 0 Å². The summed E-state index contributed by atoms with van der Waals surface area (Å²) in [5.74, 6) is -0.0838. The van der Waals surface area contributed by atoms with Crippen LogP contribution in [-0.4, -0.2) is 28.6 Å². The van der Waals surface area contributed by atoms with Gasteiger partial charge in [-0.05, 0) is 44.2 Å². The van der Waals surface area contributed by atoms with Crippen molar-refractivity contribution in [2.24, 2.45) is 0 Å². The van der Waals surface area contributed by atoms with E-state index >= 15 is 0 Å². The molecular weight excluding hydrogens is 333 g/mol. The number of hydrogen-bond donors (Lipinski definition) is 1. The van der Waals surface area contributed by atoms with Crippen molar-refractivity contribution in [2.75, 3.05) is 13.2 Å². The summed E-state index contributed by atoms with van der Waals surface area (Å²) in [5.41, 5.74) is 3.32. The molecule has 0 radical (unpaired) electrons. The molecule has 0 unspecified atom stereocenters. The number of pyridine rings is 1. The molecule has 0 saturated carbocycles. The zero-order valence-corrected chi connectivity index (χ0v) is 14.7. The molecule has 5 nitrogen and oxygen atoms in total. The first-order valence-corrected chi connectivity index (χ1v) is 8.32. The summed E-state index contributed by atoms with van der Waals surface area (Å²) in [6, 6.07) is 11.6. The molecular formula is C20H20FN3O2. The van der Waals surface area contributed by atoms with E-state index in [0.717, 1.165) is 17.1 Å². The molecule has 0 aliphatic rings. The van der Waals surface area contributed by atoms with E-state index in [1.165, 1.54) is 12.1 Å². The summed E-state index contributed by atoms with van der Waals surface area (Å²) in [5, 5.41) is 2.83. The minimum absolute atomic E-state index is 0.170. The van der Waals surface area contributed by atoms with Crippen molar-refractivity contribution in [3.8, 4) is 11.4 Å². The van der Waals surface area contributed by atoms with Gasteiger partial charge in [-0.1, -0.05) is 6.07 Å². The molecule has 0 fully saturated rings. The number of benzene rings is 1. The molecule has 0 spiro atoms. The Morgan fingerprint density at radius 3 is 2.81 bits per heavy atom. The first kappa shape index (κ1) is 17.7. The van der Waals surface area contributed by atoms with Gasteiger partial charge in [0.25, 0.3) is 5.91 Å². The smallest absolute Gasteiger partial charge is 0.253 e. The Balaban J connectivity index is 1.62. The number of nitrogens with one attached hydrogen (secondary N) is 1. The predicted octanol–water partition coefficient (Wildman–Crippen LogP) is 3.44. The fourth-order valence-electron chi connectivity index (χ4n) is 2.86. The Kier molecular flexibility index (Phi) is 5.31. The number of hydrogen-bond acceptors (Lipinski definition) is 3. The zero-order valence-electron chi connectivity index (χ0n) is 14.7. The number of carbonyl (C=O) groups excluding carboxylic acids is 1. The zero-order chi connectivity index (χ0) is 18.5. The molecule has 0 bridgehead atoms. The molecule has 0 aliphatic carbocycles. The number of ether oxygens (including phenoxy) is 1. The van der Waals surface area contributed by atoms with Crippen molar-refractivity contribution in [1.82, 2.24) is 14.9 Å². The van der Waals surface area contributed by atoms with Gasteiger partial charge < -0.3 is 14.6 Å². The molecule has 1 aromatic carbocycles. The van der Waals surface area contributed by atoms with Crippen molar-refractivity contribution in [3.05, 3.63) is 77.6 Å². The van der Waals surface area contributed by atoms with Crippen LogP contribution in [0.3, 0.4) is 0 Å². The summed E-state index contributed by atoms with van der Waals surface area (Å²) in [4.78, 5) is 16.6. The number of amides is 1. The number of aryl methyl sites for hydroxylation is 1. The quantitative estimate of drug-likeness (QED) is 0.691. The van der Waals surface area contributed by atoms with Crippen molar-refractivity contribution in [1.29, 1.82) is 0 Å². The van der Waals surface area contributed by atoms with E-state index in [-0.39, 0.29) is 18.3 Å². The van der Waals surface area contributed by atoms with Crippen LogP contribution in [0, 0.1) is 19.7 Å². The van der Waals surface area contributed by atoms with Crippen LogP contribution in [0.5, 0.6) is 5.75 Å². The van der Waals surface area contributed by atoms with E-state index in [1.54, 1.807) is 24.5 Å². The Bertz CT molecular complexity index is 907. The molecule has 0 aliphatic heterocycles. The second kappa shape index (κ2) is 7.82. The summed E-state index contributed by atoms with van der Waals surface area (Å²) >= 11 is 0. The van der Waals surface area contributed by atoms with Crippen LogP contribution < -0.4 is 10.1 Å². The lowest BCUT2D eigenvalue weighted by Crippen LogP contribution is -2.28. The fourth-order valence-corrected chi connectivity index (χ4v) is 2.86. The highest BCUT2D eigenvalue weighted by atomic mass is 19.1. The van der Waals surface area contributed by atoms with E-state index in [4.69, 9.17) is 4.74 Å². The topological polar surface area (TPSA) is 56.1 Å². The number of carbonyl (C=O) groups is 1. The maximum Gasteiger partial charge on any atom is 0.253 e. The molecule has 1 amide bonds. The van der Waals surface area contributed by atoms with Gasteiger partial charge in [-0.3, -0.25) is 9.78 Å². The predicted molar refractivity (Wildman–Crippen MR) is 97.3 cm³/mol. The Morgan fingerprint density at radius 1 is 1.23 bits per heavy atom. The summed E-state index contributed by atoms with van der Waals surface area (Å²) in [6.45, 7) is 4.43. The van der Waals surface area contributed by atoms with Crippen LogP contribution in [0.1, 0.15) is 21.7 Å². The molecule has 6 heteroatoms. The molecule has 3 aromatic rings. The van der Waals surface area contributed by atoms with Crippen LogP contribution >= 0.6 is 0 Å². The normalized spacial score (nSPS) is 10.6. The van der Waals surface area contributed by atoms with E-state index in [2.05, 4.69) is 10.3 Å². The molecule has 0 atom stereocenters. The molecule has 3 rings (SSSR count). The number of halogens is 1. The molecule has 134 valence electrons. The molecule has 2 aromatic heterocycles. The highest BCUT2D eigenvalue weighted by Gasteiger charge is 2.16. The third kappa shape index (κ3) is 3.91. The van der Waals surface area contributed by atoms with Gasteiger partial charge in [0, 0.05) is 23.7 Å². The van der Waals surface area contributed by atoms with Crippen LogP contribution in [0.25, 0.3) is 5.69 Å². The Hall–Kier alpha value is -3.15. The maximum atomic E-state index is 13.1. The van der Waals surface area contributed by atoms with Crippen LogP contribution in [0.4, 0.5) is 4.39 Å². The third-order valence-corrected chi connectivity index (χ3v) is 4.03. The molecule has 0 saturated heterocycles. The van der Waals surface area contributed by atoms with Gasteiger partial charge in [0.2, 0.25) is 0 Å². The third-order valence-electron chi connectivity index (χ3n) is 4.03. The fraction of sp³-hybridized carbons (Fsp3) is 0.200. The Labute approximate surface area is 151 Å². The van der Waals surface area contributed by atoms with Gasteiger partial charge in [0.1, 0.15) is 18.2 Å². The SMILES string of the molecule is Cc1cc(C(=O)NCCOc2cccc(F)c2)c(C)n1-c1cccnc1. The van der Waals surface area contributed by atoms with Gasteiger partial charge in [-0.25, -0.2) is 4.39 Å². The second-order valence-corrected chi connectivity index (χ2v) is 5.89. The molecule has 1 N–H and O–H groups in total. The minimum Gasteiger partial charge on any atom is -0.492 e. The van der Waals surface area contributed by atoms with Crippen molar-refractivity contribution >= 4 is 5.91 Å². The van der Waals surface area contributed by atoms with Gasteiger partial charge in [-0.15, -0.1) is 0 Å².